The lowest BCUT2D eigenvalue weighted by Crippen LogP contribution is -2.28. The van der Waals surface area contributed by atoms with E-state index in [4.69, 9.17) is 11.2 Å². The van der Waals surface area contributed by atoms with Gasteiger partial charge in [0, 0.05) is 0 Å². The van der Waals surface area contributed by atoms with E-state index in [0.717, 1.165) is 17.0 Å². The van der Waals surface area contributed by atoms with Crippen molar-refractivity contribution in [2.75, 3.05) is 6.61 Å². The van der Waals surface area contributed by atoms with Gasteiger partial charge in [-0.15, -0.1) is 6.42 Å². The average Bonchev–Trinajstić information content (AvgIpc) is 3.26. The number of imide groups is 1. The van der Waals surface area contributed by atoms with Crippen LogP contribution in [0.4, 0.5) is 0 Å². The van der Waals surface area contributed by atoms with Crippen LogP contribution in [0.3, 0.4) is 0 Å². The molecule has 0 unspecified atom stereocenters. The maximum atomic E-state index is 12.5. The highest BCUT2D eigenvalue weighted by molar-refractivity contribution is 6.06. The molecule has 5 heteroatoms. The first-order valence-electron chi connectivity index (χ1n) is 7.95. The number of carbonyl (C=O) groups excluding carboxylic acids is 2. The molecule has 0 N–H and O–H groups in total. The molecule has 1 saturated heterocycles. The number of allylic oxidation sites excluding steroid dienone is 2. The monoisotopic (exact) mass is 320 g/mol. The zero-order valence-corrected chi connectivity index (χ0v) is 13.0. The summed E-state index contributed by atoms with van der Waals surface area (Å²) in [6.07, 6.45) is 11.7. The SMILES string of the molecule is C#CCOc1cccc(/C=N\N2C(=O)[C@@H]3[C@H](C2=O)[C@H]2C=C[C@H]3C2)c1. The summed E-state index contributed by atoms with van der Waals surface area (Å²) in [5.41, 5.74) is 0.739. The van der Waals surface area contributed by atoms with Crippen LogP contribution in [0.2, 0.25) is 0 Å². The van der Waals surface area contributed by atoms with Crippen molar-refractivity contribution in [1.82, 2.24) is 5.01 Å². The lowest BCUT2D eigenvalue weighted by Gasteiger charge is -2.13. The third kappa shape index (κ3) is 2.23. The fraction of sp³-hybridized carbons (Fsp3) is 0.316. The van der Waals surface area contributed by atoms with Gasteiger partial charge < -0.3 is 4.74 Å². The van der Waals surface area contributed by atoms with Gasteiger partial charge in [0.05, 0.1) is 18.1 Å². The molecule has 5 nitrogen and oxygen atoms in total. The van der Waals surface area contributed by atoms with Crippen molar-refractivity contribution in [3.8, 4) is 18.1 Å². The van der Waals surface area contributed by atoms with Gasteiger partial charge in [0.1, 0.15) is 12.4 Å². The van der Waals surface area contributed by atoms with E-state index in [2.05, 4.69) is 23.2 Å². The summed E-state index contributed by atoms with van der Waals surface area (Å²) < 4.78 is 5.35. The van der Waals surface area contributed by atoms with Crippen LogP contribution in [0.5, 0.6) is 5.75 Å². The fourth-order valence-corrected chi connectivity index (χ4v) is 3.93. The first-order valence-corrected chi connectivity index (χ1v) is 7.95. The molecule has 2 amide bonds. The van der Waals surface area contributed by atoms with E-state index >= 15 is 0 Å². The summed E-state index contributed by atoms with van der Waals surface area (Å²) in [5.74, 6) is 2.59. The Balaban J connectivity index is 1.52. The fourth-order valence-electron chi connectivity index (χ4n) is 3.93. The Morgan fingerprint density at radius 1 is 1.25 bits per heavy atom. The summed E-state index contributed by atoms with van der Waals surface area (Å²) in [6, 6.07) is 7.18. The summed E-state index contributed by atoms with van der Waals surface area (Å²) >= 11 is 0. The van der Waals surface area contributed by atoms with Gasteiger partial charge in [-0.05, 0) is 36.0 Å². The number of fused-ring (bicyclic) bond motifs is 5. The van der Waals surface area contributed by atoms with Gasteiger partial charge in [0.15, 0.2) is 0 Å². The molecule has 120 valence electrons. The molecule has 2 fully saturated rings. The summed E-state index contributed by atoms with van der Waals surface area (Å²) in [5, 5.41) is 5.18. The molecule has 0 aromatic heterocycles. The van der Waals surface area contributed by atoms with Gasteiger partial charge in [-0.1, -0.05) is 30.2 Å². The molecule has 1 saturated carbocycles. The first kappa shape index (κ1) is 14.7. The number of benzene rings is 1. The molecule has 24 heavy (non-hydrogen) atoms. The zero-order valence-electron chi connectivity index (χ0n) is 13.0. The molecular formula is C19H16N2O3. The van der Waals surface area contributed by atoms with E-state index in [1.54, 1.807) is 18.2 Å². The third-order valence-corrected chi connectivity index (χ3v) is 4.95. The van der Waals surface area contributed by atoms with Crippen molar-refractivity contribution in [3.05, 3.63) is 42.0 Å². The molecule has 4 rings (SSSR count). The Labute approximate surface area is 140 Å². The number of hydrazone groups is 1. The number of hydrogen-bond acceptors (Lipinski definition) is 4. The van der Waals surface area contributed by atoms with Crippen LogP contribution in [-0.2, 0) is 9.59 Å². The number of carbonyl (C=O) groups is 2. The lowest BCUT2D eigenvalue weighted by molar-refractivity contribution is -0.140. The van der Waals surface area contributed by atoms with E-state index in [1.165, 1.54) is 6.21 Å². The van der Waals surface area contributed by atoms with Crippen LogP contribution in [-0.4, -0.2) is 29.6 Å². The first-order chi connectivity index (χ1) is 11.7. The molecular weight excluding hydrogens is 304 g/mol. The van der Waals surface area contributed by atoms with E-state index in [1.807, 2.05) is 6.07 Å². The second-order valence-electron chi connectivity index (χ2n) is 6.30. The maximum absolute atomic E-state index is 12.5. The number of amides is 2. The van der Waals surface area contributed by atoms with Crippen molar-refractivity contribution >= 4 is 18.0 Å². The van der Waals surface area contributed by atoms with Crippen LogP contribution < -0.4 is 4.74 Å². The van der Waals surface area contributed by atoms with Gasteiger partial charge in [0.25, 0.3) is 11.8 Å². The van der Waals surface area contributed by atoms with Crippen LogP contribution >= 0.6 is 0 Å². The van der Waals surface area contributed by atoms with Crippen LogP contribution in [0.15, 0.2) is 41.5 Å². The maximum Gasteiger partial charge on any atom is 0.254 e. The van der Waals surface area contributed by atoms with Crippen molar-refractivity contribution in [1.29, 1.82) is 0 Å². The largest absolute Gasteiger partial charge is 0.481 e. The molecule has 0 spiro atoms. The molecule has 2 bridgehead atoms. The van der Waals surface area contributed by atoms with E-state index in [0.29, 0.717) is 5.75 Å². The minimum absolute atomic E-state index is 0.183. The molecule has 1 aliphatic heterocycles. The van der Waals surface area contributed by atoms with Crippen molar-refractivity contribution < 1.29 is 14.3 Å². The van der Waals surface area contributed by atoms with Gasteiger partial charge >= 0.3 is 0 Å². The van der Waals surface area contributed by atoms with Crippen molar-refractivity contribution in [2.45, 2.75) is 6.42 Å². The number of hydrogen-bond donors (Lipinski definition) is 0. The van der Waals surface area contributed by atoms with Crippen molar-refractivity contribution in [3.63, 3.8) is 0 Å². The van der Waals surface area contributed by atoms with Crippen LogP contribution in [0.25, 0.3) is 0 Å². The molecule has 1 aromatic rings. The minimum atomic E-state index is -0.227. The Morgan fingerprint density at radius 2 is 1.96 bits per heavy atom. The Hall–Kier alpha value is -2.87. The lowest BCUT2D eigenvalue weighted by atomic mass is 9.85. The predicted molar refractivity (Wildman–Crippen MR) is 87.9 cm³/mol. The van der Waals surface area contributed by atoms with Gasteiger partial charge in [-0.2, -0.15) is 10.1 Å². The highest BCUT2D eigenvalue weighted by Gasteiger charge is 2.59. The second kappa shape index (κ2) is 5.64. The number of ether oxygens (including phenoxy) is 1. The van der Waals surface area contributed by atoms with Crippen LogP contribution in [0, 0.1) is 36.0 Å². The van der Waals surface area contributed by atoms with E-state index in [9.17, 15) is 9.59 Å². The topological polar surface area (TPSA) is 59.0 Å². The summed E-state index contributed by atoms with van der Waals surface area (Å²) in [4.78, 5) is 25.1. The van der Waals surface area contributed by atoms with Crippen molar-refractivity contribution in [2.24, 2.45) is 28.8 Å². The predicted octanol–water partition coefficient (Wildman–Crippen LogP) is 1.84. The molecule has 1 aromatic carbocycles. The Kier molecular flexibility index (Phi) is 3.46. The van der Waals surface area contributed by atoms with Gasteiger partial charge in [-0.3, -0.25) is 9.59 Å². The summed E-state index contributed by atoms with van der Waals surface area (Å²) in [6.45, 7) is 0.183. The van der Waals surface area contributed by atoms with Gasteiger partial charge in [-0.25, -0.2) is 0 Å². The normalized spacial score (nSPS) is 30.2. The molecule has 2 aliphatic carbocycles. The standard InChI is InChI=1S/C19H16N2O3/c1-2-8-24-15-5-3-4-12(9-15)11-20-21-18(22)16-13-6-7-14(10-13)17(16)19(21)23/h1,3-7,9,11,13-14,16-17H,8,10H2/b20-11-/t13-,14-,16-,17+/m0/s1. The molecule has 1 heterocycles. The minimum Gasteiger partial charge on any atom is -0.481 e. The zero-order chi connectivity index (χ0) is 16.7. The highest BCUT2D eigenvalue weighted by atomic mass is 16.5. The highest BCUT2D eigenvalue weighted by Crippen LogP contribution is 2.52. The molecule has 3 aliphatic rings. The quantitative estimate of drug-likeness (QED) is 0.368. The third-order valence-electron chi connectivity index (χ3n) is 4.95. The number of rotatable bonds is 4. The second-order valence-corrected chi connectivity index (χ2v) is 6.30. The Morgan fingerprint density at radius 3 is 2.62 bits per heavy atom. The molecule has 4 atom stereocenters. The van der Waals surface area contributed by atoms with Crippen LogP contribution in [0.1, 0.15) is 12.0 Å². The number of nitrogens with zero attached hydrogens (tertiary/aromatic N) is 2. The Bertz CT molecular complexity index is 775. The summed E-state index contributed by atoms with van der Waals surface area (Å²) in [7, 11) is 0. The molecule has 0 radical (unpaired) electrons. The van der Waals surface area contributed by atoms with E-state index in [-0.39, 0.29) is 42.1 Å². The number of terminal acetylenes is 1. The van der Waals surface area contributed by atoms with E-state index < -0.39 is 0 Å². The smallest absolute Gasteiger partial charge is 0.254 e. The average molecular weight is 320 g/mol. The van der Waals surface area contributed by atoms with Gasteiger partial charge in [0.2, 0.25) is 0 Å².